The summed E-state index contributed by atoms with van der Waals surface area (Å²) in [6, 6.07) is 4.42. The molecule has 0 spiro atoms. The van der Waals surface area contributed by atoms with Crippen molar-refractivity contribution in [1.29, 1.82) is 0 Å². The SMILES string of the molecule is C=CCOC(=O)C(O)(Cc1nc[nH]n1)c1ccc(Cl)cc1Cl. The maximum atomic E-state index is 12.3. The van der Waals surface area contributed by atoms with Crippen molar-refractivity contribution < 1.29 is 14.6 Å². The number of ether oxygens (including phenoxy) is 1. The van der Waals surface area contributed by atoms with Gasteiger partial charge in [-0.2, -0.15) is 5.10 Å². The number of halogens is 2. The smallest absolute Gasteiger partial charge is 0.343 e. The van der Waals surface area contributed by atoms with E-state index in [1.165, 1.54) is 30.6 Å². The van der Waals surface area contributed by atoms with E-state index in [2.05, 4.69) is 21.8 Å². The molecule has 0 radical (unpaired) electrons. The predicted molar refractivity (Wildman–Crippen MR) is 81.6 cm³/mol. The summed E-state index contributed by atoms with van der Waals surface area (Å²) < 4.78 is 4.98. The molecule has 1 heterocycles. The summed E-state index contributed by atoms with van der Waals surface area (Å²) in [5, 5.41) is 17.8. The first-order valence-electron chi connectivity index (χ1n) is 6.28. The third-order valence-electron chi connectivity index (χ3n) is 2.93. The largest absolute Gasteiger partial charge is 0.459 e. The Morgan fingerprint density at radius 1 is 1.50 bits per heavy atom. The molecule has 2 N–H and O–H groups in total. The Labute approximate surface area is 136 Å². The maximum absolute atomic E-state index is 12.3. The van der Waals surface area contributed by atoms with Crippen LogP contribution in [0.3, 0.4) is 0 Å². The fraction of sp³-hybridized carbons (Fsp3) is 0.214. The van der Waals surface area contributed by atoms with Gasteiger partial charge in [0.1, 0.15) is 12.9 Å². The van der Waals surface area contributed by atoms with Crippen molar-refractivity contribution in [1.82, 2.24) is 15.2 Å². The highest BCUT2D eigenvalue weighted by molar-refractivity contribution is 6.35. The normalized spacial score (nSPS) is 13.4. The van der Waals surface area contributed by atoms with E-state index >= 15 is 0 Å². The lowest BCUT2D eigenvalue weighted by Gasteiger charge is -2.26. The fourth-order valence-corrected chi connectivity index (χ4v) is 2.47. The molecule has 1 unspecified atom stereocenters. The third kappa shape index (κ3) is 3.47. The van der Waals surface area contributed by atoms with Crippen molar-refractivity contribution in [2.75, 3.05) is 6.61 Å². The molecule has 0 fully saturated rings. The van der Waals surface area contributed by atoms with Gasteiger partial charge in [-0.15, -0.1) is 0 Å². The molecular weight excluding hydrogens is 329 g/mol. The zero-order valence-electron chi connectivity index (χ0n) is 11.4. The number of nitrogens with one attached hydrogen (secondary N) is 1. The average Bonchev–Trinajstić information content (AvgIpc) is 2.97. The molecule has 0 saturated carbocycles. The van der Waals surface area contributed by atoms with Crippen LogP contribution in [-0.4, -0.2) is 32.9 Å². The Morgan fingerprint density at radius 2 is 2.27 bits per heavy atom. The lowest BCUT2D eigenvalue weighted by atomic mass is 9.90. The minimum Gasteiger partial charge on any atom is -0.459 e. The number of nitrogens with zero attached hydrogens (tertiary/aromatic N) is 2. The second kappa shape index (κ2) is 6.91. The molecule has 0 bridgehead atoms. The first-order valence-corrected chi connectivity index (χ1v) is 7.03. The van der Waals surface area contributed by atoms with Gasteiger partial charge >= 0.3 is 5.97 Å². The number of hydrogen-bond acceptors (Lipinski definition) is 5. The molecule has 116 valence electrons. The number of benzene rings is 1. The van der Waals surface area contributed by atoms with Crippen LogP contribution in [0.5, 0.6) is 0 Å². The average molecular weight is 342 g/mol. The second-order valence-electron chi connectivity index (χ2n) is 4.46. The maximum Gasteiger partial charge on any atom is 0.343 e. The van der Waals surface area contributed by atoms with E-state index in [1.807, 2.05) is 0 Å². The van der Waals surface area contributed by atoms with E-state index < -0.39 is 11.6 Å². The minimum atomic E-state index is -2.03. The van der Waals surface area contributed by atoms with Crippen LogP contribution in [0.1, 0.15) is 11.4 Å². The monoisotopic (exact) mass is 341 g/mol. The van der Waals surface area contributed by atoms with Gasteiger partial charge in [-0.3, -0.25) is 5.10 Å². The van der Waals surface area contributed by atoms with Crippen molar-refractivity contribution in [2.24, 2.45) is 0 Å². The molecule has 0 aliphatic heterocycles. The Bertz CT molecular complexity index is 676. The van der Waals surface area contributed by atoms with Crippen LogP contribution in [-0.2, 0) is 21.6 Å². The summed E-state index contributed by atoms with van der Waals surface area (Å²) in [5.41, 5.74) is -1.87. The van der Waals surface area contributed by atoms with Gasteiger partial charge in [0.05, 0.1) is 6.42 Å². The van der Waals surface area contributed by atoms with Crippen molar-refractivity contribution in [3.8, 4) is 0 Å². The highest BCUT2D eigenvalue weighted by atomic mass is 35.5. The van der Waals surface area contributed by atoms with E-state index in [-0.39, 0.29) is 29.4 Å². The topological polar surface area (TPSA) is 88.1 Å². The van der Waals surface area contributed by atoms with Gasteiger partial charge in [-0.25, -0.2) is 9.78 Å². The number of rotatable bonds is 6. The molecule has 8 heteroatoms. The molecule has 0 saturated heterocycles. The Balaban J connectivity index is 2.43. The molecule has 1 aromatic carbocycles. The van der Waals surface area contributed by atoms with E-state index in [1.54, 1.807) is 0 Å². The zero-order chi connectivity index (χ0) is 16.2. The van der Waals surface area contributed by atoms with Crippen molar-refractivity contribution >= 4 is 29.2 Å². The zero-order valence-corrected chi connectivity index (χ0v) is 12.9. The standard InChI is InChI=1S/C14H13Cl2N3O3/c1-2-5-22-13(20)14(21,7-12-17-8-18-19-12)10-4-3-9(15)6-11(10)16/h2-4,6,8,21H,1,5,7H2,(H,17,18,19). The van der Waals surface area contributed by atoms with Crippen LogP contribution in [0.2, 0.25) is 10.0 Å². The number of aliphatic hydroxyl groups is 1. The van der Waals surface area contributed by atoms with Crippen LogP contribution < -0.4 is 0 Å². The molecule has 0 aliphatic rings. The fourth-order valence-electron chi connectivity index (χ4n) is 1.91. The second-order valence-corrected chi connectivity index (χ2v) is 5.31. The predicted octanol–water partition coefficient (Wildman–Crippen LogP) is 2.27. The third-order valence-corrected chi connectivity index (χ3v) is 3.47. The van der Waals surface area contributed by atoms with Crippen molar-refractivity contribution in [3.05, 3.63) is 58.6 Å². The number of carbonyl (C=O) groups excluding carboxylic acids is 1. The van der Waals surface area contributed by atoms with Crippen LogP contribution in [0.4, 0.5) is 0 Å². The van der Waals surface area contributed by atoms with Gasteiger partial charge in [0.25, 0.3) is 0 Å². The summed E-state index contributed by atoms with van der Waals surface area (Å²) in [6.45, 7) is 3.42. The molecule has 2 aromatic rings. The van der Waals surface area contributed by atoms with Gasteiger partial charge in [0.2, 0.25) is 0 Å². The summed E-state index contributed by atoms with van der Waals surface area (Å²) in [7, 11) is 0. The highest BCUT2D eigenvalue weighted by Gasteiger charge is 2.42. The molecule has 22 heavy (non-hydrogen) atoms. The quantitative estimate of drug-likeness (QED) is 0.621. The molecular formula is C14H13Cl2N3O3. The van der Waals surface area contributed by atoms with E-state index in [4.69, 9.17) is 27.9 Å². The summed E-state index contributed by atoms with van der Waals surface area (Å²) in [5.74, 6) is -0.634. The molecule has 0 aliphatic carbocycles. The van der Waals surface area contributed by atoms with Gasteiger partial charge in [-0.05, 0) is 12.1 Å². The van der Waals surface area contributed by atoms with Gasteiger partial charge < -0.3 is 9.84 Å². The van der Waals surface area contributed by atoms with Crippen molar-refractivity contribution in [2.45, 2.75) is 12.0 Å². The highest BCUT2D eigenvalue weighted by Crippen LogP contribution is 2.33. The lowest BCUT2D eigenvalue weighted by Crippen LogP contribution is -2.40. The Kier molecular flexibility index (Phi) is 5.18. The number of aromatic amines is 1. The van der Waals surface area contributed by atoms with E-state index in [9.17, 15) is 9.90 Å². The summed E-state index contributed by atoms with van der Waals surface area (Å²) >= 11 is 12.0. The first kappa shape index (κ1) is 16.5. The lowest BCUT2D eigenvalue weighted by molar-refractivity contribution is -0.165. The first-order chi connectivity index (χ1) is 10.5. The van der Waals surface area contributed by atoms with E-state index in [0.29, 0.717) is 5.02 Å². The van der Waals surface area contributed by atoms with E-state index in [0.717, 1.165) is 0 Å². The van der Waals surface area contributed by atoms with Crippen LogP contribution in [0, 0.1) is 0 Å². The summed E-state index contributed by atoms with van der Waals surface area (Å²) in [4.78, 5) is 16.2. The van der Waals surface area contributed by atoms with Crippen LogP contribution in [0.25, 0.3) is 0 Å². The Morgan fingerprint density at radius 3 is 2.86 bits per heavy atom. The number of aromatic nitrogens is 3. The molecule has 1 aromatic heterocycles. The number of carbonyl (C=O) groups is 1. The number of hydrogen-bond donors (Lipinski definition) is 2. The Hall–Kier alpha value is -1.89. The number of H-pyrrole nitrogens is 1. The molecule has 6 nitrogen and oxygen atoms in total. The van der Waals surface area contributed by atoms with Crippen LogP contribution in [0.15, 0.2) is 37.2 Å². The summed E-state index contributed by atoms with van der Waals surface area (Å²) in [6.07, 6.45) is 2.54. The number of esters is 1. The van der Waals surface area contributed by atoms with Crippen LogP contribution >= 0.6 is 23.2 Å². The molecule has 1 atom stereocenters. The minimum absolute atomic E-state index is 0.0413. The molecule has 2 rings (SSSR count). The van der Waals surface area contributed by atoms with Gasteiger partial charge in [0, 0.05) is 15.6 Å². The van der Waals surface area contributed by atoms with Gasteiger partial charge in [-0.1, -0.05) is 41.9 Å². The molecule has 0 amide bonds. The van der Waals surface area contributed by atoms with Crippen molar-refractivity contribution in [3.63, 3.8) is 0 Å². The van der Waals surface area contributed by atoms with Gasteiger partial charge in [0.15, 0.2) is 11.4 Å².